The second-order valence-electron chi connectivity index (χ2n) is 4.91. The van der Waals surface area contributed by atoms with E-state index in [-0.39, 0.29) is 12.2 Å². The summed E-state index contributed by atoms with van der Waals surface area (Å²) in [6, 6.07) is 4.42. The first-order chi connectivity index (χ1) is 9.63. The van der Waals surface area contributed by atoms with Crippen molar-refractivity contribution in [3.8, 4) is 0 Å². The average Bonchev–Trinajstić information content (AvgIpc) is 2.47. The van der Waals surface area contributed by atoms with Gasteiger partial charge in [0.2, 0.25) is 0 Å². The molecule has 0 aliphatic carbocycles. The first kappa shape index (κ1) is 14.8. The van der Waals surface area contributed by atoms with Crippen LogP contribution in [0.1, 0.15) is 37.9 Å². The summed E-state index contributed by atoms with van der Waals surface area (Å²) in [5.74, 6) is -1.16. The van der Waals surface area contributed by atoms with Crippen molar-refractivity contribution in [1.29, 1.82) is 0 Å². The van der Waals surface area contributed by atoms with Crippen LogP contribution in [0.2, 0.25) is 0 Å². The average molecular weight is 281 g/mol. The molecule has 20 heavy (non-hydrogen) atoms. The van der Waals surface area contributed by atoms with Crippen molar-refractivity contribution in [2.24, 2.45) is 0 Å². The van der Waals surface area contributed by atoms with Gasteiger partial charge >= 0.3 is 5.97 Å². The van der Waals surface area contributed by atoms with E-state index in [4.69, 9.17) is 4.74 Å². The molecule has 0 aromatic heterocycles. The van der Waals surface area contributed by atoms with Gasteiger partial charge in [0, 0.05) is 13.1 Å². The Morgan fingerprint density at radius 1 is 1.40 bits per heavy atom. The number of halogens is 1. The summed E-state index contributed by atoms with van der Waals surface area (Å²) in [5, 5.41) is 9.79. The lowest BCUT2D eigenvalue weighted by Gasteiger charge is -2.29. The molecule has 0 bridgehead atoms. The summed E-state index contributed by atoms with van der Waals surface area (Å²) in [5.41, 5.74) is 0.756. The van der Waals surface area contributed by atoms with Crippen LogP contribution in [0.15, 0.2) is 18.2 Å². The number of esters is 1. The van der Waals surface area contributed by atoms with Gasteiger partial charge in [-0.05, 0) is 43.9 Å². The Morgan fingerprint density at radius 2 is 2.10 bits per heavy atom. The largest absolute Gasteiger partial charge is 0.464 e. The van der Waals surface area contributed by atoms with Crippen molar-refractivity contribution >= 4 is 11.7 Å². The summed E-state index contributed by atoms with van der Waals surface area (Å²) in [6.45, 7) is 3.53. The number of hydrogen-bond acceptors (Lipinski definition) is 4. The Morgan fingerprint density at radius 3 is 2.70 bits per heavy atom. The Labute approximate surface area is 118 Å². The van der Waals surface area contributed by atoms with E-state index >= 15 is 0 Å². The van der Waals surface area contributed by atoms with Crippen LogP contribution in [0.3, 0.4) is 0 Å². The molecule has 1 heterocycles. The number of aliphatic hydroxyl groups is 1. The maximum absolute atomic E-state index is 14.1. The van der Waals surface area contributed by atoms with Crippen molar-refractivity contribution in [3.63, 3.8) is 0 Å². The molecule has 1 aliphatic heterocycles. The fourth-order valence-corrected chi connectivity index (χ4v) is 2.44. The number of hydrogen-bond donors (Lipinski definition) is 1. The molecule has 1 atom stereocenters. The molecular formula is C15H20FNO3. The zero-order valence-corrected chi connectivity index (χ0v) is 11.6. The number of anilines is 1. The Bertz CT molecular complexity index is 472. The van der Waals surface area contributed by atoms with E-state index in [0.717, 1.165) is 25.9 Å². The second-order valence-corrected chi connectivity index (χ2v) is 4.91. The monoisotopic (exact) mass is 281 g/mol. The lowest BCUT2D eigenvalue weighted by atomic mass is 10.1. The SMILES string of the molecule is CCOC(=O)C(O)c1ccc(N2CCCCC2)c(F)c1. The van der Waals surface area contributed by atoms with E-state index in [1.165, 1.54) is 12.5 Å². The van der Waals surface area contributed by atoms with E-state index < -0.39 is 17.9 Å². The van der Waals surface area contributed by atoms with Crippen LogP contribution in [-0.2, 0) is 9.53 Å². The van der Waals surface area contributed by atoms with Gasteiger partial charge in [0.05, 0.1) is 12.3 Å². The van der Waals surface area contributed by atoms with E-state index in [9.17, 15) is 14.3 Å². The third-order valence-electron chi connectivity index (χ3n) is 3.49. The molecule has 1 N–H and O–H groups in total. The summed E-state index contributed by atoms with van der Waals surface area (Å²) >= 11 is 0. The fourth-order valence-electron chi connectivity index (χ4n) is 2.44. The second kappa shape index (κ2) is 6.70. The number of piperidine rings is 1. The molecule has 1 aromatic rings. The van der Waals surface area contributed by atoms with Gasteiger partial charge in [-0.25, -0.2) is 9.18 Å². The first-order valence-corrected chi connectivity index (χ1v) is 7.02. The summed E-state index contributed by atoms with van der Waals surface area (Å²) in [7, 11) is 0. The van der Waals surface area contributed by atoms with Gasteiger partial charge in [-0.1, -0.05) is 6.07 Å². The van der Waals surface area contributed by atoms with Gasteiger partial charge in [0.15, 0.2) is 6.10 Å². The Kier molecular flexibility index (Phi) is 4.95. The molecule has 1 fully saturated rings. The zero-order valence-electron chi connectivity index (χ0n) is 11.6. The lowest BCUT2D eigenvalue weighted by molar-refractivity contribution is -0.153. The third kappa shape index (κ3) is 3.28. The molecule has 1 aromatic carbocycles. The highest BCUT2D eigenvalue weighted by atomic mass is 19.1. The van der Waals surface area contributed by atoms with Crippen LogP contribution in [0.4, 0.5) is 10.1 Å². The zero-order chi connectivity index (χ0) is 14.5. The maximum Gasteiger partial charge on any atom is 0.339 e. The molecule has 2 rings (SSSR count). The van der Waals surface area contributed by atoms with Gasteiger partial charge in [0.25, 0.3) is 0 Å². The number of carbonyl (C=O) groups excluding carboxylic acids is 1. The highest BCUT2D eigenvalue weighted by Gasteiger charge is 2.21. The molecule has 4 nitrogen and oxygen atoms in total. The highest BCUT2D eigenvalue weighted by Crippen LogP contribution is 2.26. The quantitative estimate of drug-likeness (QED) is 0.861. The Hall–Kier alpha value is -1.62. The lowest BCUT2D eigenvalue weighted by Crippen LogP contribution is -2.30. The van der Waals surface area contributed by atoms with E-state index in [1.807, 2.05) is 4.90 Å². The minimum absolute atomic E-state index is 0.185. The number of nitrogens with zero attached hydrogens (tertiary/aromatic N) is 1. The third-order valence-corrected chi connectivity index (χ3v) is 3.49. The predicted octanol–water partition coefficient (Wildman–Crippen LogP) is 2.41. The van der Waals surface area contributed by atoms with Crippen molar-refractivity contribution in [3.05, 3.63) is 29.6 Å². The van der Waals surface area contributed by atoms with Gasteiger partial charge in [-0.2, -0.15) is 0 Å². The number of benzene rings is 1. The molecule has 110 valence electrons. The van der Waals surface area contributed by atoms with E-state index in [2.05, 4.69) is 0 Å². The van der Waals surface area contributed by atoms with Crippen molar-refractivity contribution in [2.45, 2.75) is 32.3 Å². The summed E-state index contributed by atoms with van der Waals surface area (Å²) in [4.78, 5) is 13.4. The van der Waals surface area contributed by atoms with Crippen molar-refractivity contribution in [2.75, 3.05) is 24.6 Å². The van der Waals surface area contributed by atoms with E-state index in [0.29, 0.717) is 5.69 Å². The van der Waals surface area contributed by atoms with Crippen molar-refractivity contribution in [1.82, 2.24) is 0 Å². The van der Waals surface area contributed by atoms with Crippen LogP contribution in [0.5, 0.6) is 0 Å². The molecular weight excluding hydrogens is 261 g/mol. The molecule has 5 heteroatoms. The van der Waals surface area contributed by atoms with Gasteiger partial charge in [-0.15, -0.1) is 0 Å². The smallest absolute Gasteiger partial charge is 0.339 e. The molecule has 1 unspecified atom stereocenters. The molecule has 0 amide bonds. The van der Waals surface area contributed by atoms with Crippen LogP contribution in [0.25, 0.3) is 0 Å². The van der Waals surface area contributed by atoms with Crippen molar-refractivity contribution < 1.29 is 19.0 Å². The van der Waals surface area contributed by atoms with E-state index in [1.54, 1.807) is 19.1 Å². The minimum Gasteiger partial charge on any atom is -0.464 e. The number of carbonyl (C=O) groups is 1. The topological polar surface area (TPSA) is 49.8 Å². The first-order valence-electron chi connectivity index (χ1n) is 7.02. The predicted molar refractivity (Wildman–Crippen MR) is 74.1 cm³/mol. The molecule has 0 radical (unpaired) electrons. The minimum atomic E-state index is -1.43. The maximum atomic E-state index is 14.1. The highest BCUT2D eigenvalue weighted by molar-refractivity contribution is 5.76. The standard InChI is InChI=1S/C15H20FNO3/c1-2-20-15(19)14(18)11-6-7-13(12(16)10-11)17-8-4-3-5-9-17/h6-7,10,14,18H,2-5,8-9H2,1H3. The number of ether oxygens (including phenoxy) is 1. The summed E-state index contributed by atoms with van der Waals surface area (Å²) in [6.07, 6.45) is 1.87. The number of rotatable bonds is 4. The van der Waals surface area contributed by atoms with Gasteiger partial charge < -0.3 is 14.7 Å². The molecule has 0 saturated carbocycles. The molecule has 1 saturated heterocycles. The number of aliphatic hydroxyl groups excluding tert-OH is 1. The van der Waals surface area contributed by atoms with Gasteiger partial charge in [-0.3, -0.25) is 0 Å². The van der Waals surface area contributed by atoms with Crippen LogP contribution < -0.4 is 4.90 Å². The Balaban J connectivity index is 2.14. The summed E-state index contributed by atoms with van der Waals surface area (Å²) < 4.78 is 18.9. The van der Waals surface area contributed by atoms with Crippen LogP contribution in [0, 0.1) is 5.82 Å². The molecule has 1 aliphatic rings. The van der Waals surface area contributed by atoms with Crippen LogP contribution >= 0.6 is 0 Å². The fraction of sp³-hybridized carbons (Fsp3) is 0.533. The van der Waals surface area contributed by atoms with Gasteiger partial charge in [0.1, 0.15) is 5.82 Å². The normalized spacial score (nSPS) is 16.9. The molecule has 0 spiro atoms. The van der Waals surface area contributed by atoms with Crippen LogP contribution in [-0.4, -0.2) is 30.8 Å².